The first-order chi connectivity index (χ1) is 10.7. The Morgan fingerprint density at radius 2 is 2.18 bits per heavy atom. The first kappa shape index (κ1) is 16.2. The molecule has 1 aliphatic rings. The molecule has 0 N–H and O–H groups in total. The molecular weight excluding hydrogens is 282 g/mol. The van der Waals surface area contributed by atoms with Crippen LogP contribution in [0, 0.1) is 17.8 Å². The van der Waals surface area contributed by atoms with Crippen molar-refractivity contribution in [3.63, 3.8) is 0 Å². The standard InChI is InChI=1S/C16H21N3O3/c1-3-22-16(20)13-6-8-19(9-7-13)15-12-17-11-14(18-15)5-4-10-21-2/h11-13H,3,6-10H2,1-2H3. The van der Waals surface area contributed by atoms with Crippen molar-refractivity contribution in [1.29, 1.82) is 0 Å². The molecule has 0 aromatic carbocycles. The van der Waals surface area contributed by atoms with Crippen LogP contribution in [0.5, 0.6) is 0 Å². The number of nitrogens with zero attached hydrogens (tertiary/aromatic N) is 3. The highest BCUT2D eigenvalue weighted by Crippen LogP contribution is 2.22. The van der Waals surface area contributed by atoms with Crippen molar-refractivity contribution < 1.29 is 14.3 Å². The van der Waals surface area contributed by atoms with Gasteiger partial charge in [0.05, 0.1) is 24.9 Å². The Morgan fingerprint density at radius 1 is 1.41 bits per heavy atom. The maximum absolute atomic E-state index is 11.7. The molecule has 0 saturated carbocycles. The Balaban J connectivity index is 1.95. The third-order valence-electron chi connectivity index (χ3n) is 3.49. The monoisotopic (exact) mass is 303 g/mol. The van der Waals surface area contributed by atoms with Crippen molar-refractivity contribution in [2.45, 2.75) is 19.8 Å². The first-order valence-electron chi connectivity index (χ1n) is 7.46. The Kier molecular flexibility index (Phi) is 6.16. The number of esters is 1. The fourth-order valence-electron chi connectivity index (χ4n) is 2.37. The third-order valence-corrected chi connectivity index (χ3v) is 3.49. The van der Waals surface area contributed by atoms with E-state index < -0.39 is 0 Å². The largest absolute Gasteiger partial charge is 0.466 e. The van der Waals surface area contributed by atoms with Crippen LogP contribution in [0.15, 0.2) is 12.4 Å². The smallest absolute Gasteiger partial charge is 0.309 e. The number of carbonyl (C=O) groups excluding carboxylic acids is 1. The van der Waals surface area contributed by atoms with E-state index in [0.29, 0.717) is 18.9 Å². The van der Waals surface area contributed by atoms with E-state index >= 15 is 0 Å². The highest BCUT2D eigenvalue weighted by molar-refractivity contribution is 5.72. The van der Waals surface area contributed by atoms with Crippen LogP contribution in [0.4, 0.5) is 5.82 Å². The molecule has 0 bridgehead atoms. The van der Waals surface area contributed by atoms with Gasteiger partial charge in [0.2, 0.25) is 0 Å². The highest BCUT2D eigenvalue weighted by atomic mass is 16.5. The number of aromatic nitrogens is 2. The fraction of sp³-hybridized carbons (Fsp3) is 0.562. The lowest BCUT2D eigenvalue weighted by Crippen LogP contribution is -2.37. The molecule has 2 rings (SSSR count). The van der Waals surface area contributed by atoms with Gasteiger partial charge in [-0.15, -0.1) is 0 Å². The number of ether oxygens (including phenoxy) is 2. The summed E-state index contributed by atoms with van der Waals surface area (Å²) in [6.45, 7) is 4.18. The van der Waals surface area contributed by atoms with E-state index in [1.54, 1.807) is 19.5 Å². The van der Waals surface area contributed by atoms with Crippen LogP contribution in [-0.2, 0) is 14.3 Å². The van der Waals surface area contributed by atoms with Crippen LogP contribution in [-0.4, -0.2) is 49.4 Å². The summed E-state index contributed by atoms with van der Waals surface area (Å²) in [5, 5.41) is 0. The zero-order chi connectivity index (χ0) is 15.8. The topological polar surface area (TPSA) is 64.5 Å². The van der Waals surface area contributed by atoms with Crippen LogP contribution < -0.4 is 4.90 Å². The lowest BCUT2D eigenvalue weighted by Gasteiger charge is -2.31. The zero-order valence-corrected chi connectivity index (χ0v) is 13.0. The number of methoxy groups -OCH3 is 1. The van der Waals surface area contributed by atoms with Gasteiger partial charge in [0.15, 0.2) is 0 Å². The molecule has 0 spiro atoms. The quantitative estimate of drug-likeness (QED) is 0.616. The van der Waals surface area contributed by atoms with Gasteiger partial charge in [0.25, 0.3) is 0 Å². The van der Waals surface area contributed by atoms with Crippen molar-refractivity contribution in [2.75, 3.05) is 38.3 Å². The van der Waals surface area contributed by atoms with Crippen LogP contribution in [0.2, 0.25) is 0 Å². The summed E-state index contributed by atoms with van der Waals surface area (Å²) in [6.07, 6.45) is 4.92. The van der Waals surface area contributed by atoms with Crippen LogP contribution in [0.25, 0.3) is 0 Å². The number of rotatable bonds is 4. The molecule has 6 heteroatoms. The van der Waals surface area contributed by atoms with E-state index in [0.717, 1.165) is 31.7 Å². The molecule has 118 valence electrons. The van der Waals surface area contributed by atoms with Crippen LogP contribution in [0.1, 0.15) is 25.5 Å². The Labute approximate surface area is 130 Å². The first-order valence-corrected chi connectivity index (χ1v) is 7.46. The van der Waals surface area contributed by atoms with Crippen molar-refractivity contribution in [2.24, 2.45) is 5.92 Å². The predicted molar refractivity (Wildman–Crippen MR) is 82.4 cm³/mol. The van der Waals surface area contributed by atoms with Gasteiger partial charge in [-0.05, 0) is 25.7 Å². The van der Waals surface area contributed by atoms with Crippen molar-refractivity contribution in [1.82, 2.24) is 9.97 Å². The van der Waals surface area contributed by atoms with E-state index in [1.165, 1.54) is 0 Å². The van der Waals surface area contributed by atoms with Gasteiger partial charge in [0, 0.05) is 20.2 Å². The van der Waals surface area contributed by atoms with Crippen LogP contribution >= 0.6 is 0 Å². The van der Waals surface area contributed by atoms with Crippen molar-refractivity contribution in [3.8, 4) is 11.8 Å². The van der Waals surface area contributed by atoms with E-state index in [9.17, 15) is 4.79 Å². The lowest BCUT2D eigenvalue weighted by atomic mass is 9.97. The molecule has 0 unspecified atom stereocenters. The summed E-state index contributed by atoms with van der Waals surface area (Å²) in [6, 6.07) is 0. The van der Waals surface area contributed by atoms with Crippen LogP contribution in [0.3, 0.4) is 0 Å². The molecule has 0 aliphatic carbocycles. The maximum atomic E-state index is 11.7. The molecule has 0 radical (unpaired) electrons. The van der Waals surface area contributed by atoms with Gasteiger partial charge in [0.1, 0.15) is 18.1 Å². The van der Waals surface area contributed by atoms with E-state index in [-0.39, 0.29) is 11.9 Å². The minimum Gasteiger partial charge on any atom is -0.466 e. The predicted octanol–water partition coefficient (Wildman–Crippen LogP) is 1.25. The second-order valence-electron chi connectivity index (χ2n) is 5.01. The maximum Gasteiger partial charge on any atom is 0.309 e. The van der Waals surface area contributed by atoms with E-state index in [4.69, 9.17) is 9.47 Å². The lowest BCUT2D eigenvalue weighted by molar-refractivity contribution is -0.148. The number of carbonyl (C=O) groups is 1. The average Bonchev–Trinajstić information content (AvgIpc) is 2.56. The molecule has 0 amide bonds. The van der Waals surface area contributed by atoms with E-state index in [2.05, 4.69) is 26.7 Å². The SMILES string of the molecule is CCOC(=O)C1CCN(c2cncc(C#CCOC)n2)CC1. The summed E-state index contributed by atoms with van der Waals surface area (Å²) >= 11 is 0. The molecular formula is C16H21N3O3. The van der Waals surface area contributed by atoms with Gasteiger partial charge >= 0.3 is 5.97 Å². The Morgan fingerprint density at radius 3 is 2.86 bits per heavy atom. The summed E-state index contributed by atoms with van der Waals surface area (Å²) < 4.78 is 9.97. The second-order valence-corrected chi connectivity index (χ2v) is 5.01. The molecule has 1 saturated heterocycles. The summed E-state index contributed by atoms with van der Waals surface area (Å²) in [5.74, 6) is 6.48. The summed E-state index contributed by atoms with van der Waals surface area (Å²) in [5.41, 5.74) is 0.627. The third kappa shape index (κ3) is 4.43. The van der Waals surface area contributed by atoms with Gasteiger partial charge in [-0.1, -0.05) is 5.92 Å². The Hall–Kier alpha value is -2.13. The summed E-state index contributed by atoms with van der Waals surface area (Å²) in [4.78, 5) is 22.5. The second kappa shape index (κ2) is 8.35. The number of piperidine rings is 1. The number of hydrogen-bond acceptors (Lipinski definition) is 6. The normalized spacial score (nSPS) is 15.1. The highest BCUT2D eigenvalue weighted by Gasteiger charge is 2.26. The minimum absolute atomic E-state index is 0.00571. The fourth-order valence-corrected chi connectivity index (χ4v) is 2.37. The van der Waals surface area contributed by atoms with Gasteiger partial charge in [-0.2, -0.15) is 0 Å². The molecule has 1 aromatic rings. The molecule has 1 aliphatic heterocycles. The van der Waals surface area contributed by atoms with Crippen molar-refractivity contribution >= 4 is 11.8 Å². The zero-order valence-electron chi connectivity index (χ0n) is 13.0. The molecule has 1 aromatic heterocycles. The molecule has 22 heavy (non-hydrogen) atoms. The number of hydrogen-bond donors (Lipinski definition) is 0. The van der Waals surface area contributed by atoms with Crippen molar-refractivity contribution in [3.05, 3.63) is 18.1 Å². The minimum atomic E-state index is -0.0904. The summed E-state index contributed by atoms with van der Waals surface area (Å²) in [7, 11) is 1.60. The molecule has 0 atom stereocenters. The van der Waals surface area contributed by atoms with Gasteiger partial charge in [-0.3, -0.25) is 9.78 Å². The molecule has 6 nitrogen and oxygen atoms in total. The average molecular weight is 303 g/mol. The van der Waals surface area contributed by atoms with Gasteiger partial charge < -0.3 is 14.4 Å². The molecule has 2 heterocycles. The van der Waals surface area contributed by atoms with Gasteiger partial charge in [-0.25, -0.2) is 4.98 Å². The number of anilines is 1. The molecule has 1 fully saturated rings. The van der Waals surface area contributed by atoms with E-state index in [1.807, 2.05) is 6.92 Å². The Bertz CT molecular complexity index is 557.